The van der Waals surface area contributed by atoms with E-state index >= 15 is 13.2 Å². The van der Waals surface area contributed by atoms with Gasteiger partial charge in [0.2, 0.25) is 5.88 Å². The molecule has 1 aliphatic carbocycles. The third-order valence-electron chi connectivity index (χ3n) is 14.2. The predicted molar refractivity (Wildman–Crippen MR) is 264 cm³/mol. The number of fused-ring (bicyclic) bond motifs is 2. The largest absolute Gasteiger partial charge is 0.475 e. The number of alkyl halides is 3. The molecule has 0 saturated carbocycles. The molecule has 0 bridgehead atoms. The number of carbonyl (C=O) groups is 1. The fourth-order valence-electron chi connectivity index (χ4n) is 9.80. The first kappa shape index (κ1) is 49.1. The molecule has 2 saturated heterocycles. The number of piperazine rings is 1. The number of rotatable bonds is 12. The lowest BCUT2D eigenvalue weighted by atomic mass is 9.72. The zero-order valence-corrected chi connectivity index (χ0v) is 40.8. The maximum atomic E-state index is 15.1. The Kier molecular flexibility index (Phi) is 13.6. The van der Waals surface area contributed by atoms with Crippen LogP contribution in [0.2, 0.25) is 5.02 Å². The normalized spacial score (nSPS) is 20.4. The van der Waals surface area contributed by atoms with Crippen molar-refractivity contribution in [1.29, 1.82) is 0 Å². The van der Waals surface area contributed by atoms with Crippen molar-refractivity contribution in [3.05, 3.63) is 111 Å². The van der Waals surface area contributed by atoms with Crippen LogP contribution in [0.25, 0.3) is 16.6 Å². The van der Waals surface area contributed by atoms with E-state index in [1.165, 1.54) is 28.2 Å². The number of sulfonamides is 1. The number of anilines is 4. The molecular weight excluding hydrogens is 949 g/mol. The number of allylic oxidation sites excluding steroid dienone is 1. The highest BCUT2D eigenvalue weighted by molar-refractivity contribution is 7.90. The smallest absolute Gasteiger partial charge is 0.399 e. The summed E-state index contributed by atoms with van der Waals surface area (Å²) in [4.78, 5) is 38.8. The molecule has 15 nitrogen and oxygen atoms in total. The highest BCUT2D eigenvalue weighted by atomic mass is 35.5. The quantitative estimate of drug-likeness (QED) is 0.0798. The first-order chi connectivity index (χ1) is 33.3. The SMILES string of the molecule is CC1(C)CCC(CN2CCN(c3ccc(C(=O)NS(=O)(=O)c4ccc(NCC5CCOCC5)c([N+](=O)[O-])c4)c(N4C[C@@](C)(C(F)(F)F)COc5nc6[nH]ccc6cc54)c3)CC2)=C(c2ccc(Cl)cc2)C1. The summed E-state index contributed by atoms with van der Waals surface area (Å²) in [5.74, 6) is -1.07. The summed E-state index contributed by atoms with van der Waals surface area (Å²) in [6, 6.07) is 19.3. The number of nitro groups is 1. The van der Waals surface area contributed by atoms with Gasteiger partial charge in [0.25, 0.3) is 21.6 Å². The number of aromatic amines is 1. The molecule has 0 radical (unpaired) electrons. The molecule has 70 heavy (non-hydrogen) atoms. The Hall–Kier alpha value is -5.89. The van der Waals surface area contributed by atoms with Gasteiger partial charge in [-0.15, -0.1) is 0 Å². The van der Waals surface area contributed by atoms with E-state index in [0.717, 1.165) is 63.3 Å². The molecule has 372 valence electrons. The lowest BCUT2D eigenvalue weighted by Gasteiger charge is -2.40. The molecule has 0 unspecified atom stereocenters. The van der Waals surface area contributed by atoms with Crippen molar-refractivity contribution in [3.63, 3.8) is 0 Å². The summed E-state index contributed by atoms with van der Waals surface area (Å²) < 4.78 is 86.8. The Labute approximate surface area is 409 Å². The van der Waals surface area contributed by atoms with Crippen LogP contribution in [0, 0.1) is 26.9 Å². The average Bonchev–Trinajstić information content (AvgIpc) is 3.73. The average molecular weight is 1010 g/mol. The molecule has 4 aliphatic rings. The fourth-order valence-corrected chi connectivity index (χ4v) is 10.9. The van der Waals surface area contributed by atoms with Crippen LogP contribution < -0.4 is 24.6 Å². The van der Waals surface area contributed by atoms with Gasteiger partial charge in [-0.3, -0.25) is 19.8 Å². The van der Waals surface area contributed by atoms with E-state index in [2.05, 4.69) is 55.8 Å². The number of benzene rings is 3. The van der Waals surface area contributed by atoms with Gasteiger partial charge in [0.1, 0.15) is 29.0 Å². The Morgan fingerprint density at radius 1 is 0.986 bits per heavy atom. The van der Waals surface area contributed by atoms with Gasteiger partial charge in [-0.1, -0.05) is 43.2 Å². The van der Waals surface area contributed by atoms with Gasteiger partial charge in [-0.25, -0.2) is 13.1 Å². The second kappa shape index (κ2) is 19.4. The maximum absolute atomic E-state index is 15.1. The Morgan fingerprint density at radius 3 is 2.44 bits per heavy atom. The van der Waals surface area contributed by atoms with Crippen molar-refractivity contribution in [1.82, 2.24) is 19.6 Å². The molecule has 3 N–H and O–H groups in total. The van der Waals surface area contributed by atoms with E-state index in [4.69, 9.17) is 21.1 Å². The first-order valence-corrected chi connectivity index (χ1v) is 25.3. The van der Waals surface area contributed by atoms with E-state index in [9.17, 15) is 23.3 Å². The molecule has 2 fully saturated rings. The number of hydrogen-bond acceptors (Lipinski definition) is 12. The number of halogens is 4. The molecule has 0 spiro atoms. The zero-order valence-electron chi connectivity index (χ0n) is 39.2. The van der Waals surface area contributed by atoms with Crippen LogP contribution in [0.1, 0.15) is 68.8 Å². The lowest BCUT2D eigenvalue weighted by molar-refractivity contribution is -0.384. The summed E-state index contributed by atoms with van der Waals surface area (Å²) in [5, 5.41) is 16.6. The third-order valence-corrected chi connectivity index (χ3v) is 15.7. The predicted octanol–water partition coefficient (Wildman–Crippen LogP) is 9.97. The number of ether oxygens (including phenoxy) is 2. The molecule has 2 aromatic heterocycles. The minimum absolute atomic E-state index is 0.0206. The third kappa shape index (κ3) is 10.4. The molecule has 9 rings (SSSR count). The fraction of sp³-hybridized carbons (Fsp3) is 0.440. The number of nitro benzene ring substituents is 1. The van der Waals surface area contributed by atoms with Gasteiger partial charge >= 0.3 is 6.18 Å². The first-order valence-electron chi connectivity index (χ1n) is 23.5. The van der Waals surface area contributed by atoms with Crippen LogP contribution >= 0.6 is 11.6 Å². The highest BCUT2D eigenvalue weighted by Gasteiger charge is 2.54. The van der Waals surface area contributed by atoms with Gasteiger partial charge in [-0.05, 0) is 116 Å². The van der Waals surface area contributed by atoms with Gasteiger partial charge in [0, 0.05) is 87.4 Å². The second-order valence-corrected chi connectivity index (χ2v) is 22.0. The minimum Gasteiger partial charge on any atom is -0.475 e. The Morgan fingerprint density at radius 2 is 1.73 bits per heavy atom. The minimum atomic E-state index is -4.79. The number of nitrogens with one attached hydrogen (secondary N) is 3. The van der Waals surface area contributed by atoms with Gasteiger partial charge < -0.3 is 29.6 Å². The summed E-state index contributed by atoms with van der Waals surface area (Å²) in [7, 11) is -4.79. The topological polar surface area (TPSA) is 175 Å². The number of H-pyrrole nitrogens is 1. The van der Waals surface area contributed by atoms with Crippen molar-refractivity contribution in [3.8, 4) is 5.88 Å². The molecular formula is C50H56ClF3N8O7S. The number of aromatic nitrogens is 2. The Balaban J connectivity index is 1.04. The summed E-state index contributed by atoms with van der Waals surface area (Å²) >= 11 is 6.26. The number of amides is 1. The van der Waals surface area contributed by atoms with Crippen LogP contribution in [0.3, 0.4) is 0 Å². The van der Waals surface area contributed by atoms with Gasteiger partial charge in [0.15, 0.2) is 0 Å². The molecule has 20 heteroatoms. The van der Waals surface area contributed by atoms with E-state index in [0.29, 0.717) is 67.7 Å². The summed E-state index contributed by atoms with van der Waals surface area (Å²) in [6.07, 6.45) is 1.35. The van der Waals surface area contributed by atoms with Crippen molar-refractivity contribution in [2.45, 2.75) is 63.9 Å². The van der Waals surface area contributed by atoms with Gasteiger partial charge in [-0.2, -0.15) is 18.2 Å². The molecule has 1 atom stereocenters. The Bertz CT molecular complexity index is 2940. The van der Waals surface area contributed by atoms with Crippen LogP contribution in [0.15, 0.2) is 89.5 Å². The van der Waals surface area contributed by atoms with Crippen molar-refractivity contribution >= 4 is 72.6 Å². The van der Waals surface area contributed by atoms with Crippen LogP contribution in [-0.4, -0.2) is 106 Å². The van der Waals surface area contributed by atoms with Crippen LogP contribution in [-0.2, 0) is 14.8 Å². The standard InChI is InChI=1S/C50H56ClF3N8O7S/c1-48(2)16-12-35(40(27-48)33-4-6-36(51)7-5-33)29-59-18-20-60(21-19-59)37-8-10-39(42(25-37)61-30-49(3,50(52,53)54)31-69-47-44(61)24-34-13-17-55-45(34)57-47)46(63)58-70(66,67)38-9-11-41(43(26-38)62(64)65)56-28-32-14-22-68-23-15-32/h4-11,13,17,24-26,32,56H,12,14-16,18-23,27-31H2,1-3H3,(H,55,57)(H,58,63)/t49-/m1/s1. The summed E-state index contributed by atoms with van der Waals surface area (Å²) in [6.45, 7) is 8.90. The molecule has 5 heterocycles. The van der Waals surface area contributed by atoms with Crippen LogP contribution in [0.4, 0.5) is 41.6 Å². The van der Waals surface area contributed by atoms with E-state index in [1.807, 2.05) is 12.1 Å². The molecule has 1 amide bonds. The molecule has 3 aromatic carbocycles. The monoisotopic (exact) mass is 1000 g/mol. The number of nitrogens with zero attached hydrogens (tertiary/aromatic N) is 5. The second-order valence-electron chi connectivity index (χ2n) is 19.9. The molecule has 3 aliphatic heterocycles. The van der Waals surface area contributed by atoms with E-state index in [-0.39, 0.29) is 39.8 Å². The van der Waals surface area contributed by atoms with Crippen LogP contribution in [0.5, 0.6) is 5.88 Å². The van der Waals surface area contributed by atoms with Crippen molar-refractivity contribution < 1.29 is 40.8 Å². The van der Waals surface area contributed by atoms with Crippen molar-refractivity contribution in [2.24, 2.45) is 16.7 Å². The highest BCUT2D eigenvalue weighted by Crippen LogP contribution is 2.48. The van der Waals surface area contributed by atoms with E-state index < -0.39 is 56.2 Å². The number of hydrogen-bond donors (Lipinski definition) is 3. The van der Waals surface area contributed by atoms with Gasteiger partial charge in [0.05, 0.1) is 21.1 Å². The number of pyridine rings is 1. The number of carbonyl (C=O) groups excluding carboxylic acids is 1. The van der Waals surface area contributed by atoms with E-state index in [1.54, 1.807) is 30.5 Å². The maximum Gasteiger partial charge on any atom is 0.399 e. The van der Waals surface area contributed by atoms with Crippen molar-refractivity contribution in [2.75, 3.05) is 80.8 Å². The zero-order chi connectivity index (χ0) is 49.6. The summed E-state index contributed by atoms with van der Waals surface area (Å²) in [5.41, 5.74) is 1.98. The molecule has 5 aromatic rings. The lowest BCUT2D eigenvalue weighted by Crippen LogP contribution is -2.48.